The van der Waals surface area contributed by atoms with Crippen LogP contribution >= 0.6 is 23.2 Å². The van der Waals surface area contributed by atoms with Gasteiger partial charge in [0.2, 0.25) is 0 Å². The SMILES string of the molecule is CCOc1ccccc1C(=O)NN=Cc1ccc(OC(=O)c2ccc(Cl)c(Cl)c2)c(OC)c1. The Hall–Kier alpha value is -3.55. The predicted octanol–water partition coefficient (Wildman–Crippen LogP) is 5.38. The number of carbonyl (C=O) groups excluding carboxylic acids is 2. The van der Waals surface area contributed by atoms with Gasteiger partial charge in [0.15, 0.2) is 11.5 Å². The van der Waals surface area contributed by atoms with E-state index in [9.17, 15) is 9.59 Å². The van der Waals surface area contributed by atoms with Crippen molar-refractivity contribution in [2.75, 3.05) is 13.7 Å². The second-order valence-corrected chi connectivity index (χ2v) is 7.37. The van der Waals surface area contributed by atoms with E-state index in [1.807, 2.05) is 6.92 Å². The fourth-order valence-corrected chi connectivity index (χ4v) is 3.09. The highest BCUT2D eigenvalue weighted by Crippen LogP contribution is 2.29. The van der Waals surface area contributed by atoms with Crippen molar-refractivity contribution < 1.29 is 23.8 Å². The van der Waals surface area contributed by atoms with Crippen LogP contribution in [0.2, 0.25) is 10.0 Å². The maximum atomic E-state index is 12.4. The van der Waals surface area contributed by atoms with Crippen LogP contribution < -0.4 is 19.6 Å². The fraction of sp³-hybridized carbons (Fsp3) is 0.125. The van der Waals surface area contributed by atoms with Crippen molar-refractivity contribution >= 4 is 41.3 Å². The second kappa shape index (κ2) is 11.4. The summed E-state index contributed by atoms with van der Waals surface area (Å²) >= 11 is 11.8. The molecule has 33 heavy (non-hydrogen) atoms. The van der Waals surface area contributed by atoms with Crippen molar-refractivity contribution in [1.82, 2.24) is 5.43 Å². The van der Waals surface area contributed by atoms with Gasteiger partial charge in [0.25, 0.3) is 5.91 Å². The summed E-state index contributed by atoms with van der Waals surface area (Å²) in [5, 5.41) is 4.56. The minimum absolute atomic E-state index is 0.209. The Balaban J connectivity index is 1.69. The molecule has 1 amide bonds. The molecule has 0 aliphatic rings. The summed E-state index contributed by atoms with van der Waals surface area (Å²) in [6, 6.07) is 16.2. The summed E-state index contributed by atoms with van der Waals surface area (Å²) < 4.78 is 16.2. The zero-order valence-electron chi connectivity index (χ0n) is 17.8. The van der Waals surface area contributed by atoms with Crippen LogP contribution in [0.25, 0.3) is 0 Å². The number of esters is 1. The van der Waals surface area contributed by atoms with Crippen LogP contribution in [0.4, 0.5) is 0 Å². The Labute approximate surface area is 200 Å². The first-order valence-corrected chi connectivity index (χ1v) is 10.6. The Morgan fingerprint density at radius 2 is 1.76 bits per heavy atom. The number of ether oxygens (including phenoxy) is 3. The highest BCUT2D eigenvalue weighted by atomic mass is 35.5. The van der Waals surface area contributed by atoms with Gasteiger partial charge in [-0.05, 0) is 61.0 Å². The maximum absolute atomic E-state index is 12.4. The first-order chi connectivity index (χ1) is 15.9. The summed E-state index contributed by atoms with van der Waals surface area (Å²) in [4.78, 5) is 24.8. The first kappa shape index (κ1) is 24.1. The molecule has 170 valence electrons. The average molecular weight is 487 g/mol. The molecule has 0 atom stereocenters. The predicted molar refractivity (Wildman–Crippen MR) is 127 cm³/mol. The van der Waals surface area contributed by atoms with E-state index in [0.29, 0.717) is 34.3 Å². The van der Waals surface area contributed by atoms with Gasteiger partial charge < -0.3 is 14.2 Å². The number of amides is 1. The average Bonchev–Trinajstić information content (AvgIpc) is 2.82. The van der Waals surface area contributed by atoms with E-state index in [-0.39, 0.29) is 16.3 Å². The zero-order valence-corrected chi connectivity index (χ0v) is 19.3. The maximum Gasteiger partial charge on any atom is 0.343 e. The minimum Gasteiger partial charge on any atom is -0.493 e. The third-order valence-electron chi connectivity index (χ3n) is 4.36. The number of methoxy groups -OCH3 is 1. The number of rotatable bonds is 8. The quantitative estimate of drug-likeness (QED) is 0.200. The lowest BCUT2D eigenvalue weighted by atomic mass is 10.2. The topological polar surface area (TPSA) is 86.2 Å². The lowest BCUT2D eigenvalue weighted by molar-refractivity contribution is 0.0729. The Morgan fingerprint density at radius 1 is 0.970 bits per heavy atom. The Kier molecular flexibility index (Phi) is 8.29. The lowest BCUT2D eigenvalue weighted by Gasteiger charge is -2.10. The van der Waals surface area contributed by atoms with Gasteiger partial charge >= 0.3 is 5.97 Å². The van der Waals surface area contributed by atoms with Gasteiger partial charge in [-0.3, -0.25) is 4.79 Å². The molecular weight excluding hydrogens is 467 g/mol. The van der Waals surface area contributed by atoms with Gasteiger partial charge in [-0.1, -0.05) is 35.3 Å². The molecule has 3 rings (SSSR count). The summed E-state index contributed by atoms with van der Waals surface area (Å²) in [6.07, 6.45) is 1.44. The molecule has 7 nitrogen and oxygen atoms in total. The number of benzene rings is 3. The number of hydrazone groups is 1. The van der Waals surface area contributed by atoms with Gasteiger partial charge in [0, 0.05) is 0 Å². The number of hydrogen-bond acceptors (Lipinski definition) is 6. The Morgan fingerprint density at radius 3 is 2.48 bits per heavy atom. The standard InChI is InChI=1S/C24H20Cl2N2O5/c1-3-32-20-7-5-4-6-17(20)23(29)28-27-14-15-8-11-21(22(12-15)31-2)33-24(30)16-9-10-18(25)19(26)13-16/h4-14H,3H2,1-2H3,(H,28,29). The molecule has 0 aliphatic heterocycles. The van der Waals surface area contributed by atoms with Crippen molar-refractivity contribution in [3.05, 3.63) is 87.4 Å². The van der Waals surface area contributed by atoms with E-state index in [2.05, 4.69) is 10.5 Å². The van der Waals surface area contributed by atoms with Crippen LogP contribution in [0.3, 0.4) is 0 Å². The number of para-hydroxylation sites is 1. The molecule has 0 aliphatic carbocycles. The molecule has 0 heterocycles. The van der Waals surface area contributed by atoms with Gasteiger partial charge in [-0.2, -0.15) is 5.10 Å². The van der Waals surface area contributed by atoms with Crippen LogP contribution in [0.5, 0.6) is 17.2 Å². The molecule has 0 radical (unpaired) electrons. The largest absolute Gasteiger partial charge is 0.493 e. The summed E-state index contributed by atoms with van der Waals surface area (Å²) in [5.74, 6) is -0.0359. The molecule has 0 unspecified atom stereocenters. The highest BCUT2D eigenvalue weighted by molar-refractivity contribution is 6.42. The van der Waals surface area contributed by atoms with Gasteiger partial charge in [-0.15, -0.1) is 0 Å². The number of carbonyl (C=O) groups is 2. The molecular formula is C24H20Cl2N2O5. The van der Waals surface area contributed by atoms with Crippen LogP contribution in [0.1, 0.15) is 33.2 Å². The van der Waals surface area contributed by atoms with Crippen molar-refractivity contribution in [3.63, 3.8) is 0 Å². The molecule has 0 saturated heterocycles. The van der Waals surface area contributed by atoms with E-state index < -0.39 is 11.9 Å². The van der Waals surface area contributed by atoms with E-state index >= 15 is 0 Å². The van der Waals surface area contributed by atoms with Crippen LogP contribution in [-0.2, 0) is 0 Å². The summed E-state index contributed by atoms with van der Waals surface area (Å²) in [7, 11) is 1.44. The second-order valence-electron chi connectivity index (χ2n) is 6.56. The molecule has 1 N–H and O–H groups in total. The molecule has 0 aromatic heterocycles. The molecule has 0 saturated carbocycles. The third-order valence-corrected chi connectivity index (χ3v) is 5.10. The normalized spacial score (nSPS) is 10.7. The molecule has 9 heteroatoms. The molecule has 3 aromatic carbocycles. The van der Waals surface area contributed by atoms with Gasteiger partial charge in [0.1, 0.15) is 5.75 Å². The van der Waals surface area contributed by atoms with Crippen molar-refractivity contribution in [2.45, 2.75) is 6.92 Å². The highest BCUT2D eigenvalue weighted by Gasteiger charge is 2.14. The van der Waals surface area contributed by atoms with Gasteiger partial charge in [0.05, 0.1) is 41.1 Å². The lowest BCUT2D eigenvalue weighted by Crippen LogP contribution is -2.18. The number of hydrogen-bond donors (Lipinski definition) is 1. The monoisotopic (exact) mass is 486 g/mol. The van der Waals surface area contributed by atoms with E-state index in [1.54, 1.807) is 42.5 Å². The summed E-state index contributed by atoms with van der Waals surface area (Å²) in [6.45, 7) is 2.28. The molecule has 0 spiro atoms. The van der Waals surface area contributed by atoms with Crippen LogP contribution in [0, 0.1) is 0 Å². The van der Waals surface area contributed by atoms with Crippen LogP contribution in [0.15, 0.2) is 65.8 Å². The summed E-state index contributed by atoms with van der Waals surface area (Å²) in [5.41, 5.74) is 3.69. The fourth-order valence-electron chi connectivity index (χ4n) is 2.79. The Bertz CT molecular complexity index is 1200. The smallest absolute Gasteiger partial charge is 0.343 e. The van der Waals surface area contributed by atoms with Crippen molar-refractivity contribution in [1.29, 1.82) is 0 Å². The van der Waals surface area contributed by atoms with E-state index in [0.717, 1.165) is 0 Å². The van der Waals surface area contributed by atoms with Crippen molar-refractivity contribution in [3.8, 4) is 17.2 Å². The first-order valence-electron chi connectivity index (χ1n) is 9.83. The number of nitrogens with zero attached hydrogens (tertiary/aromatic N) is 1. The van der Waals surface area contributed by atoms with Crippen molar-refractivity contribution in [2.24, 2.45) is 5.10 Å². The molecule has 0 bridgehead atoms. The number of halogens is 2. The molecule has 0 fully saturated rings. The minimum atomic E-state index is -0.617. The molecule has 3 aromatic rings. The zero-order chi connectivity index (χ0) is 23.8. The van der Waals surface area contributed by atoms with Crippen LogP contribution in [-0.4, -0.2) is 31.8 Å². The van der Waals surface area contributed by atoms with Gasteiger partial charge in [-0.25, -0.2) is 10.2 Å². The number of nitrogens with one attached hydrogen (secondary N) is 1. The van der Waals surface area contributed by atoms with E-state index in [4.69, 9.17) is 37.4 Å². The third kappa shape index (κ3) is 6.25. The van der Waals surface area contributed by atoms with E-state index in [1.165, 1.54) is 31.5 Å².